The van der Waals surface area contributed by atoms with E-state index in [9.17, 15) is 0 Å². The van der Waals surface area contributed by atoms with Crippen molar-refractivity contribution in [3.05, 3.63) is 210 Å². The van der Waals surface area contributed by atoms with Gasteiger partial charge in [0.15, 0.2) is 0 Å². The average Bonchev–Trinajstić information content (AvgIpc) is 3.26. The van der Waals surface area contributed by atoms with Gasteiger partial charge in [0.25, 0.3) is 0 Å². The van der Waals surface area contributed by atoms with Gasteiger partial charge in [-0.2, -0.15) is 0 Å². The van der Waals surface area contributed by atoms with Gasteiger partial charge < -0.3 is 4.74 Å². The topological polar surface area (TPSA) is 67.3 Å². The molecule has 9 rings (SSSR count). The van der Waals surface area contributed by atoms with Crippen LogP contribution in [0.5, 0.6) is 5.75 Å². The zero-order valence-electron chi connectivity index (χ0n) is 32.6. The number of ether oxygens (including phenoxy) is 1. The van der Waals surface area contributed by atoms with Crippen molar-refractivity contribution < 1.29 is 4.74 Å². The molecule has 4 aromatic heterocycles. The van der Waals surface area contributed by atoms with E-state index in [2.05, 4.69) is 127 Å². The van der Waals surface area contributed by atoms with Crippen LogP contribution in [0.1, 0.15) is 45.9 Å². The fourth-order valence-electron chi connectivity index (χ4n) is 8.20. The molecule has 0 saturated heterocycles. The number of benzene rings is 5. The number of rotatable bonds is 17. The highest BCUT2D eigenvalue weighted by atomic mass is 16.5. The maximum atomic E-state index is 6.68. The second-order valence-corrected chi connectivity index (χ2v) is 15.1. The highest BCUT2D eigenvalue weighted by molar-refractivity contribution is 6.23. The molecule has 0 aliphatic heterocycles. The van der Waals surface area contributed by atoms with Crippen molar-refractivity contribution in [3.8, 4) is 5.75 Å². The van der Waals surface area contributed by atoms with Crippen LogP contribution < -0.4 is 4.74 Å². The summed E-state index contributed by atoms with van der Waals surface area (Å²) in [4.78, 5) is 23.5. The first-order chi connectivity index (χ1) is 28.7. The normalized spacial score (nSPS) is 11.7. The summed E-state index contributed by atoms with van der Waals surface area (Å²) in [6, 6.07) is 51.4. The zero-order valence-corrected chi connectivity index (χ0v) is 32.6. The van der Waals surface area contributed by atoms with E-state index in [0.717, 1.165) is 41.4 Å². The Kier molecular flexibility index (Phi) is 11.3. The quantitative estimate of drug-likeness (QED) is 0.0677. The Morgan fingerprint density at radius 3 is 1.36 bits per heavy atom. The van der Waals surface area contributed by atoms with Crippen molar-refractivity contribution in [2.45, 2.75) is 52.1 Å². The second kappa shape index (κ2) is 17.7. The Labute approximate surface area is 340 Å². The summed E-state index contributed by atoms with van der Waals surface area (Å²) in [6.45, 7) is 4.82. The van der Waals surface area contributed by atoms with Gasteiger partial charge in [0.05, 0.1) is 29.4 Å². The minimum Gasteiger partial charge on any atom is -0.494 e. The molecule has 0 aliphatic carbocycles. The third-order valence-corrected chi connectivity index (χ3v) is 10.8. The highest BCUT2D eigenvalue weighted by Gasteiger charge is 2.16. The molecule has 0 aliphatic rings. The molecule has 0 atom stereocenters. The zero-order chi connectivity index (χ0) is 38.9. The monoisotopic (exact) mass is 758 g/mol. The number of hydrogen-bond acceptors (Lipinski definition) is 7. The van der Waals surface area contributed by atoms with Gasteiger partial charge in [-0.05, 0) is 123 Å². The predicted octanol–water partition coefficient (Wildman–Crippen LogP) is 10.6. The Hall–Kier alpha value is -6.54. The molecular formula is C51H46N6O. The van der Waals surface area contributed by atoms with Gasteiger partial charge in [-0.1, -0.05) is 84.9 Å². The third-order valence-electron chi connectivity index (χ3n) is 10.8. The summed E-state index contributed by atoms with van der Waals surface area (Å²) < 4.78 is 6.68. The standard InChI is InChI=1S/C51H46N6O/c1-5-24-52-44(14-1)34-56(35-45-15-2-6-25-53-45)32-38-29-39(33-57(36-46-16-3-7-26-54-46)37-47-17-4-8-27-55-47)31-48(30-38)58-28-10-13-40-18-19-43-21-20-41-11-9-12-42-22-23-49(40)51(43)50(41)42/h1-9,11-12,14-27,29-31H,10,13,28,32-37H2. The number of pyridine rings is 4. The van der Waals surface area contributed by atoms with Crippen molar-refractivity contribution in [3.63, 3.8) is 0 Å². The lowest BCUT2D eigenvalue weighted by atomic mass is 9.91. The van der Waals surface area contributed by atoms with Crippen LogP contribution in [0.2, 0.25) is 0 Å². The maximum Gasteiger partial charge on any atom is 0.119 e. The van der Waals surface area contributed by atoms with Crippen molar-refractivity contribution in [1.82, 2.24) is 29.7 Å². The van der Waals surface area contributed by atoms with Crippen LogP contribution in [0.25, 0.3) is 32.3 Å². The Bertz CT molecular complexity index is 2490. The number of nitrogens with zero attached hydrogens (tertiary/aromatic N) is 6. The van der Waals surface area contributed by atoms with Gasteiger partial charge in [-0.15, -0.1) is 0 Å². The van der Waals surface area contributed by atoms with Crippen LogP contribution in [-0.4, -0.2) is 36.3 Å². The van der Waals surface area contributed by atoms with Gasteiger partial charge in [-0.25, -0.2) is 0 Å². The molecule has 0 bridgehead atoms. The minimum atomic E-state index is 0.613. The summed E-state index contributed by atoms with van der Waals surface area (Å²) in [5.41, 5.74) is 7.82. The average molecular weight is 759 g/mol. The summed E-state index contributed by atoms with van der Waals surface area (Å²) in [6.07, 6.45) is 9.29. The van der Waals surface area contributed by atoms with Crippen molar-refractivity contribution >= 4 is 32.3 Å². The largest absolute Gasteiger partial charge is 0.494 e. The van der Waals surface area contributed by atoms with E-state index in [1.54, 1.807) is 0 Å². The molecule has 0 spiro atoms. The summed E-state index contributed by atoms with van der Waals surface area (Å²) in [5.74, 6) is 0.883. The summed E-state index contributed by atoms with van der Waals surface area (Å²) in [5, 5.41) is 7.96. The van der Waals surface area contributed by atoms with E-state index in [-0.39, 0.29) is 0 Å². The second-order valence-electron chi connectivity index (χ2n) is 15.1. The number of aryl methyl sites for hydroxylation is 1. The minimum absolute atomic E-state index is 0.613. The molecule has 7 heteroatoms. The van der Waals surface area contributed by atoms with Gasteiger partial charge in [0, 0.05) is 64.1 Å². The SMILES string of the molecule is c1ccc(CN(Cc2cc(CN(Cc3ccccn3)Cc3ccccn3)cc(OCCCc3ccc4ccc5cccc6ccc3c4c56)c2)Cc2ccccn2)nc1. The molecule has 0 saturated carbocycles. The first-order valence-corrected chi connectivity index (χ1v) is 20.2. The molecule has 5 aromatic carbocycles. The Morgan fingerprint density at radius 1 is 0.414 bits per heavy atom. The van der Waals surface area contributed by atoms with Crippen molar-refractivity contribution in [2.75, 3.05) is 6.61 Å². The number of hydrogen-bond donors (Lipinski definition) is 0. The van der Waals surface area contributed by atoms with Crippen LogP contribution in [0.3, 0.4) is 0 Å². The molecule has 0 fully saturated rings. The van der Waals surface area contributed by atoms with E-state index < -0.39 is 0 Å². The molecule has 4 heterocycles. The molecule has 286 valence electrons. The molecular weight excluding hydrogens is 713 g/mol. The van der Waals surface area contributed by atoms with Crippen molar-refractivity contribution in [1.29, 1.82) is 0 Å². The highest BCUT2D eigenvalue weighted by Crippen LogP contribution is 2.36. The predicted molar refractivity (Wildman–Crippen MR) is 233 cm³/mol. The number of aromatic nitrogens is 4. The molecule has 0 amide bonds. The maximum absolute atomic E-state index is 6.68. The molecule has 9 aromatic rings. The lowest BCUT2D eigenvalue weighted by molar-refractivity contribution is 0.236. The van der Waals surface area contributed by atoms with E-state index in [1.165, 1.54) is 49.0 Å². The molecule has 58 heavy (non-hydrogen) atoms. The first kappa shape index (κ1) is 37.1. The molecule has 7 nitrogen and oxygen atoms in total. The van der Waals surface area contributed by atoms with Crippen LogP contribution in [0, 0.1) is 0 Å². The lowest BCUT2D eigenvalue weighted by Crippen LogP contribution is -2.25. The molecule has 0 N–H and O–H groups in total. The van der Waals surface area contributed by atoms with E-state index in [4.69, 9.17) is 4.74 Å². The van der Waals surface area contributed by atoms with Crippen LogP contribution >= 0.6 is 0 Å². The Morgan fingerprint density at radius 2 is 0.879 bits per heavy atom. The van der Waals surface area contributed by atoms with Crippen LogP contribution in [0.15, 0.2) is 170 Å². The fraction of sp³-hybridized carbons (Fsp3) is 0.176. The molecule has 0 radical (unpaired) electrons. The summed E-state index contributed by atoms with van der Waals surface area (Å²) in [7, 11) is 0. The van der Waals surface area contributed by atoms with E-state index in [1.807, 2.05) is 73.3 Å². The van der Waals surface area contributed by atoms with Gasteiger partial charge >= 0.3 is 0 Å². The van der Waals surface area contributed by atoms with Gasteiger partial charge in [-0.3, -0.25) is 29.7 Å². The van der Waals surface area contributed by atoms with E-state index in [0.29, 0.717) is 45.9 Å². The van der Waals surface area contributed by atoms with Gasteiger partial charge in [0.2, 0.25) is 0 Å². The Balaban J connectivity index is 0.984. The van der Waals surface area contributed by atoms with Gasteiger partial charge in [0.1, 0.15) is 5.75 Å². The fourth-order valence-corrected chi connectivity index (χ4v) is 8.20. The smallest absolute Gasteiger partial charge is 0.119 e. The third kappa shape index (κ3) is 9.02. The lowest BCUT2D eigenvalue weighted by Gasteiger charge is -2.25. The van der Waals surface area contributed by atoms with E-state index >= 15 is 0 Å². The van der Waals surface area contributed by atoms with Crippen LogP contribution in [-0.2, 0) is 45.7 Å². The first-order valence-electron chi connectivity index (χ1n) is 20.2. The van der Waals surface area contributed by atoms with Crippen molar-refractivity contribution in [2.24, 2.45) is 0 Å². The molecule has 0 unspecified atom stereocenters. The summed E-state index contributed by atoms with van der Waals surface area (Å²) >= 11 is 0. The van der Waals surface area contributed by atoms with Crippen LogP contribution in [0.4, 0.5) is 0 Å².